The highest BCUT2D eigenvalue weighted by molar-refractivity contribution is 5.80. The molecule has 3 rings (SSSR count). The molecule has 31 heavy (non-hydrogen) atoms. The van der Waals surface area contributed by atoms with Gasteiger partial charge in [0.15, 0.2) is 12.6 Å². The van der Waals surface area contributed by atoms with E-state index < -0.39 is 0 Å². The molecule has 2 aromatic rings. The highest BCUT2D eigenvalue weighted by atomic mass is 16.5. The Morgan fingerprint density at radius 2 is 1.90 bits per heavy atom. The molecule has 1 aliphatic carbocycles. The third-order valence-corrected chi connectivity index (χ3v) is 4.69. The van der Waals surface area contributed by atoms with Crippen LogP contribution in [0.4, 0.5) is 0 Å². The average Bonchev–Trinajstić information content (AvgIpc) is 3.59. The zero-order chi connectivity index (χ0) is 21.9. The number of ether oxygens (including phenoxy) is 2. The minimum Gasteiger partial charge on any atom is -0.494 e. The topological polar surface area (TPSA) is 84.0 Å². The Morgan fingerprint density at radius 1 is 1.06 bits per heavy atom. The Bertz CT molecular complexity index is 881. The molecule has 3 N–H and O–H groups in total. The van der Waals surface area contributed by atoms with Crippen molar-refractivity contribution in [2.24, 2.45) is 4.99 Å². The summed E-state index contributed by atoms with van der Waals surface area (Å²) in [5, 5.41) is 9.55. The van der Waals surface area contributed by atoms with Crippen molar-refractivity contribution in [1.82, 2.24) is 16.0 Å². The normalized spacial score (nSPS) is 13.4. The Kier molecular flexibility index (Phi) is 8.58. The second kappa shape index (κ2) is 11.8. The number of aliphatic imine (C=N–C) groups is 1. The number of benzene rings is 2. The summed E-state index contributed by atoms with van der Waals surface area (Å²) >= 11 is 0. The molecule has 1 saturated carbocycles. The maximum atomic E-state index is 11.8. The monoisotopic (exact) mass is 424 g/mol. The summed E-state index contributed by atoms with van der Waals surface area (Å²) in [5.41, 5.74) is 2.09. The molecule has 0 aliphatic heterocycles. The first-order chi connectivity index (χ1) is 15.2. The van der Waals surface area contributed by atoms with Gasteiger partial charge in [0.25, 0.3) is 5.91 Å². The van der Waals surface area contributed by atoms with Crippen molar-refractivity contribution in [3.05, 3.63) is 59.7 Å². The maximum Gasteiger partial charge on any atom is 0.258 e. The van der Waals surface area contributed by atoms with Gasteiger partial charge < -0.3 is 25.4 Å². The van der Waals surface area contributed by atoms with Crippen molar-refractivity contribution < 1.29 is 14.3 Å². The zero-order valence-corrected chi connectivity index (χ0v) is 18.3. The van der Waals surface area contributed by atoms with Crippen LogP contribution in [-0.4, -0.2) is 37.7 Å². The summed E-state index contributed by atoms with van der Waals surface area (Å²) in [4.78, 5) is 16.5. The second-order valence-corrected chi connectivity index (χ2v) is 7.37. The van der Waals surface area contributed by atoms with Crippen LogP contribution >= 0.6 is 0 Å². The van der Waals surface area contributed by atoms with Gasteiger partial charge in [-0.1, -0.05) is 30.3 Å². The number of hydrogen-bond donors (Lipinski definition) is 3. The molecule has 2 aromatic carbocycles. The molecule has 7 heteroatoms. The number of para-hydroxylation sites is 1. The largest absolute Gasteiger partial charge is 0.494 e. The van der Waals surface area contributed by atoms with Gasteiger partial charge in [-0.25, -0.2) is 4.99 Å². The van der Waals surface area contributed by atoms with Gasteiger partial charge in [-0.05, 0) is 50.5 Å². The number of carbonyl (C=O) groups excluding carboxylic acids is 1. The fraction of sp³-hybridized carbons (Fsp3) is 0.417. The van der Waals surface area contributed by atoms with E-state index in [1.165, 1.54) is 0 Å². The van der Waals surface area contributed by atoms with Crippen LogP contribution in [0.1, 0.15) is 37.8 Å². The third kappa shape index (κ3) is 7.85. The summed E-state index contributed by atoms with van der Waals surface area (Å²) in [5.74, 6) is 2.20. The van der Waals surface area contributed by atoms with E-state index >= 15 is 0 Å². The lowest BCUT2D eigenvalue weighted by molar-refractivity contribution is -0.123. The summed E-state index contributed by atoms with van der Waals surface area (Å²) in [6, 6.07) is 16.0. The lowest BCUT2D eigenvalue weighted by atomic mass is 10.2. The van der Waals surface area contributed by atoms with Gasteiger partial charge in [0, 0.05) is 24.7 Å². The fourth-order valence-corrected chi connectivity index (χ4v) is 3.02. The number of amides is 1. The van der Waals surface area contributed by atoms with E-state index in [0.29, 0.717) is 31.5 Å². The van der Waals surface area contributed by atoms with Gasteiger partial charge in [0.1, 0.15) is 11.5 Å². The quantitative estimate of drug-likeness (QED) is 0.382. The SMILES string of the molecule is CCNC(=NCc1cccc(OCC(=O)NC2CC2)c1)NCc1ccccc1OCC. The van der Waals surface area contributed by atoms with Crippen LogP contribution in [0.15, 0.2) is 53.5 Å². The molecule has 0 unspecified atom stereocenters. The fourth-order valence-electron chi connectivity index (χ4n) is 3.02. The molecule has 0 heterocycles. The van der Waals surface area contributed by atoms with Gasteiger partial charge in [-0.15, -0.1) is 0 Å². The number of rotatable bonds is 11. The van der Waals surface area contributed by atoms with Gasteiger partial charge in [-0.3, -0.25) is 4.79 Å². The van der Waals surface area contributed by atoms with Crippen LogP contribution in [0.5, 0.6) is 11.5 Å². The summed E-state index contributed by atoms with van der Waals surface area (Å²) in [7, 11) is 0. The van der Waals surface area contributed by atoms with Gasteiger partial charge >= 0.3 is 0 Å². The average molecular weight is 425 g/mol. The minimum absolute atomic E-state index is 0.0344. The lowest BCUT2D eigenvalue weighted by Gasteiger charge is -2.14. The Morgan fingerprint density at radius 3 is 2.68 bits per heavy atom. The van der Waals surface area contributed by atoms with Crippen LogP contribution in [0.25, 0.3) is 0 Å². The number of nitrogens with zero attached hydrogens (tertiary/aromatic N) is 1. The van der Waals surface area contributed by atoms with E-state index in [1.54, 1.807) is 0 Å². The molecule has 0 radical (unpaired) electrons. The zero-order valence-electron chi connectivity index (χ0n) is 18.3. The van der Waals surface area contributed by atoms with Gasteiger partial charge in [0.2, 0.25) is 0 Å². The molecular weight excluding hydrogens is 392 g/mol. The molecule has 0 bridgehead atoms. The number of carbonyl (C=O) groups is 1. The first-order valence-corrected chi connectivity index (χ1v) is 10.9. The predicted octanol–water partition coefficient (Wildman–Crippen LogP) is 3.00. The number of nitrogens with one attached hydrogen (secondary N) is 3. The van der Waals surface area contributed by atoms with Crippen molar-refractivity contribution in [1.29, 1.82) is 0 Å². The summed E-state index contributed by atoms with van der Waals surface area (Å²) < 4.78 is 11.3. The Hall–Kier alpha value is -3.22. The lowest BCUT2D eigenvalue weighted by Crippen LogP contribution is -2.36. The van der Waals surface area contributed by atoms with E-state index in [4.69, 9.17) is 9.47 Å². The van der Waals surface area contributed by atoms with E-state index in [0.717, 1.165) is 42.2 Å². The van der Waals surface area contributed by atoms with Crippen LogP contribution in [0.2, 0.25) is 0 Å². The van der Waals surface area contributed by atoms with Crippen molar-refractivity contribution in [2.75, 3.05) is 19.8 Å². The predicted molar refractivity (Wildman–Crippen MR) is 122 cm³/mol. The van der Waals surface area contributed by atoms with Gasteiger partial charge in [0.05, 0.1) is 13.2 Å². The number of hydrogen-bond acceptors (Lipinski definition) is 4. The van der Waals surface area contributed by atoms with E-state index in [1.807, 2.05) is 62.4 Å². The molecule has 0 atom stereocenters. The van der Waals surface area contributed by atoms with Crippen LogP contribution in [0.3, 0.4) is 0 Å². The van der Waals surface area contributed by atoms with Gasteiger partial charge in [-0.2, -0.15) is 0 Å². The van der Waals surface area contributed by atoms with Crippen molar-refractivity contribution >= 4 is 11.9 Å². The molecular formula is C24H32N4O3. The summed E-state index contributed by atoms with van der Waals surface area (Å²) in [6.07, 6.45) is 2.14. The van der Waals surface area contributed by atoms with Crippen molar-refractivity contribution in [3.8, 4) is 11.5 Å². The van der Waals surface area contributed by atoms with Crippen molar-refractivity contribution in [2.45, 2.75) is 45.8 Å². The van der Waals surface area contributed by atoms with Crippen molar-refractivity contribution in [3.63, 3.8) is 0 Å². The van der Waals surface area contributed by atoms with E-state index in [-0.39, 0.29) is 12.5 Å². The first kappa shape index (κ1) is 22.5. The van der Waals surface area contributed by atoms with E-state index in [2.05, 4.69) is 20.9 Å². The second-order valence-electron chi connectivity index (χ2n) is 7.37. The molecule has 166 valence electrons. The molecule has 0 spiro atoms. The van der Waals surface area contributed by atoms with E-state index in [9.17, 15) is 4.79 Å². The molecule has 7 nitrogen and oxygen atoms in total. The third-order valence-electron chi connectivity index (χ3n) is 4.69. The Balaban J connectivity index is 1.55. The molecule has 0 aromatic heterocycles. The standard InChI is InChI=1S/C24H32N4O3/c1-3-25-24(27-16-19-9-5-6-11-22(19)30-4-2)26-15-18-8-7-10-21(14-18)31-17-23(29)28-20-12-13-20/h5-11,14,20H,3-4,12-13,15-17H2,1-2H3,(H,28,29)(H2,25,26,27). The first-order valence-electron chi connectivity index (χ1n) is 10.9. The highest BCUT2D eigenvalue weighted by Gasteiger charge is 2.23. The van der Waals surface area contributed by atoms with Crippen LogP contribution in [-0.2, 0) is 17.9 Å². The molecule has 1 aliphatic rings. The molecule has 1 amide bonds. The smallest absolute Gasteiger partial charge is 0.258 e. The molecule has 1 fully saturated rings. The van der Waals surface area contributed by atoms with Crippen LogP contribution < -0.4 is 25.4 Å². The maximum absolute atomic E-state index is 11.8. The molecule has 0 saturated heterocycles. The Labute approximate surface area is 184 Å². The van der Waals surface area contributed by atoms with Crippen LogP contribution in [0, 0.1) is 0 Å². The minimum atomic E-state index is -0.0723. The summed E-state index contributed by atoms with van der Waals surface area (Å²) in [6.45, 7) is 6.55. The highest BCUT2D eigenvalue weighted by Crippen LogP contribution is 2.19. The number of guanidine groups is 1.